The maximum absolute atomic E-state index is 12.5. The number of aromatic hydroxyl groups is 1. The fourth-order valence-electron chi connectivity index (χ4n) is 2.01. The number of benzene rings is 1. The number of phenols is 1. The van der Waals surface area contributed by atoms with Crippen molar-refractivity contribution < 1.29 is 19.5 Å². The predicted molar refractivity (Wildman–Crippen MR) is 71.1 cm³/mol. The van der Waals surface area contributed by atoms with E-state index in [1.807, 2.05) is 0 Å². The molecule has 1 aromatic carbocycles. The van der Waals surface area contributed by atoms with Gasteiger partial charge in [0.2, 0.25) is 5.91 Å². The smallest absolute Gasteiger partial charge is 0.255 e. The third-order valence-corrected chi connectivity index (χ3v) is 3.49. The van der Waals surface area contributed by atoms with Crippen LogP contribution in [0.5, 0.6) is 5.75 Å². The molecule has 20 heavy (non-hydrogen) atoms. The summed E-state index contributed by atoms with van der Waals surface area (Å²) in [5, 5.41) is 11.9. The molecule has 6 heteroatoms. The normalized spacial score (nSPS) is 17.9. The van der Waals surface area contributed by atoms with Gasteiger partial charge in [-0.15, -0.1) is 0 Å². The highest BCUT2D eigenvalue weighted by molar-refractivity contribution is 6.08. The summed E-state index contributed by atoms with van der Waals surface area (Å²) in [6.07, 6.45) is 0. The summed E-state index contributed by atoms with van der Waals surface area (Å²) in [5.74, 6) is -1.49. The first kappa shape index (κ1) is 14.0. The maximum Gasteiger partial charge on any atom is 0.255 e. The number of nitrogens with one attached hydrogen (secondary N) is 1. The molecule has 1 aromatic rings. The third-order valence-electron chi connectivity index (χ3n) is 3.49. The summed E-state index contributed by atoms with van der Waals surface area (Å²) in [7, 11) is 0. The van der Waals surface area contributed by atoms with Gasteiger partial charge in [-0.3, -0.25) is 19.7 Å². The van der Waals surface area contributed by atoms with Gasteiger partial charge in [-0.25, -0.2) is 0 Å². The molecule has 1 fully saturated rings. The van der Waals surface area contributed by atoms with E-state index in [-0.39, 0.29) is 17.9 Å². The summed E-state index contributed by atoms with van der Waals surface area (Å²) in [6.45, 7) is 4.67. The van der Waals surface area contributed by atoms with E-state index in [9.17, 15) is 19.5 Å². The molecule has 1 aliphatic heterocycles. The minimum Gasteiger partial charge on any atom is -0.508 e. The van der Waals surface area contributed by atoms with E-state index in [4.69, 9.17) is 0 Å². The van der Waals surface area contributed by atoms with E-state index in [2.05, 4.69) is 5.32 Å². The van der Waals surface area contributed by atoms with E-state index < -0.39 is 23.3 Å². The lowest BCUT2D eigenvalue weighted by molar-refractivity contribution is -0.143. The van der Waals surface area contributed by atoms with Gasteiger partial charge in [-0.2, -0.15) is 0 Å². The Bertz CT molecular complexity index is 607. The molecule has 0 aromatic heterocycles. The van der Waals surface area contributed by atoms with Crippen molar-refractivity contribution in [2.75, 3.05) is 6.54 Å². The predicted octanol–water partition coefficient (Wildman–Crippen LogP) is 0.578. The van der Waals surface area contributed by atoms with Crippen LogP contribution in [-0.4, -0.2) is 39.8 Å². The number of hydrogen-bond donors (Lipinski definition) is 2. The van der Waals surface area contributed by atoms with Gasteiger partial charge in [0.05, 0.1) is 0 Å². The number of hydrogen-bond acceptors (Lipinski definition) is 4. The third kappa shape index (κ3) is 2.24. The van der Waals surface area contributed by atoms with Crippen molar-refractivity contribution in [3.8, 4) is 5.75 Å². The number of carbonyl (C=O) groups excluding carboxylic acids is 3. The summed E-state index contributed by atoms with van der Waals surface area (Å²) in [5.41, 5.74) is -0.233. The maximum atomic E-state index is 12.5. The van der Waals surface area contributed by atoms with Crippen molar-refractivity contribution in [3.05, 3.63) is 29.3 Å². The summed E-state index contributed by atoms with van der Waals surface area (Å²) < 4.78 is 0. The first-order valence-corrected chi connectivity index (χ1v) is 6.19. The van der Waals surface area contributed by atoms with Gasteiger partial charge >= 0.3 is 0 Å². The molecule has 106 valence electrons. The minimum absolute atomic E-state index is 0.00134. The van der Waals surface area contributed by atoms with Crippen molar-refractivity contribution in [1.82, 2.24) is 10.2 Å². The fraction of sp³-hybridized carbons (Fsp3) is 0.357. The Balaban J connectivity index is 2.38. The van der Waals surface area contributed by atoms with Gasteiger partial charge in [0, 0.05) is 5.56 Å². The molecule has 2 N–H and O–H groups in total. The van der Waals surface area contributed by atoms with Crippen LogP contribution in [0.3, 0.4) is 0 Å². The molecule has 2 rings (SSSR count). The second-order valence-electron chi connectivity index (χ2n) is 5.33. The Kier molecular flexibility index (Phi) is 3.25. The number of aryl methyl sites for hydroxylation is 1. The van der Waals surface area contributed by atoms with E-state index in [0.29, 0.717) is 5.56 Å². The molecule has 0 saturated carbocycles. The van der Waals surface area contributed by atoms with Gasteiger partial charge in [0.15, 0.2) is 0 Å². The monoisotopic (exact) mass is 276 g/mol. The molecule has 0 atom stereocenters. The van der Waals surface area contributed by atoms with E-state index in [1.165, 1.54) is 11.0 Å². The van der Waals surface area contributed by atoms with Crippen LogP contribution in [0.1, 0.15) is 29.8 Å². The molecule has 0 aliphatic carbocycles. The second-order valence-corrected chi connectivity index (χ2v) is 5.33. The van der Waals surface area contributed by atoms with Crippen molar-refractivity contribution in [3.63, 3.8) is 0 Å². The average Bonchev–Trinajstić information content (AvgIpc) is 2.36. The number of amides is 3. The Morgan fingerprint density at radius 1 is 1.35 bits per heavy atom. The molecular weight excluding hydrogens is 260 g/mol. The highest BCUT2D eigenvalue weighted by Crippen LogP contribution is 2.24. The number of imide groups is 1. The minimum atomic E-state index is -1.12. The molecule has 0 bridgehead atoms. The number of phenolic OH excluding ortho intramolecular Hbond substituents is 1. The molecule has 0 unspecified atom stereocenters. The van der Waals surface area contributed by atoms with Crippen molar-refractivity contribution in [2.45, 2.75) is 26.3 Å². The second kappa shape index (κ2) is 4.63. The van der Waals surface area contributed by atoms with Gasteiger partial charge in [0.25, 0.3) is 11.8 Å². The zero-order chi connectivity index (χ0) is 15.1. The van der Waals surface area contributed by atoms with E-state index in [1.54, 1.807) is 32.9 Å². The highest BCUT2D eigenvalue weighted by atomic mass is 16.3. The van der Waals surface area contributed by atoms with Crippen LogP contribution in [0.15, 0.2) is 18.2 Å². The average molecular weight is 276 g/mol. The molecule has 3 amide bonds. The van der Waals surface area contributed by atoms with Crippen LogP contribution >= 0.6 is 0 Å². The Morgan fingerprint density at radius 3 is 2.60 bits per heavy atom. The molecule has 6 nitrogen and oxygen atoms in total. The summed E-state index contributed by atoms with van der Waals surface area (Å²) in [4.78, 5) is 36.9. The topological polar surface area (TPSA) is 86.7 Å². The van der Waals surface area contributed by atoms with Crippen LogP contribution < -0.4 is 5.32 Å². The summed E-state index contributed by atoms with van der Waals surface area (Å²) >= 11 is 0. The molecule has 1 saturated heterocycles. The molecule has 1 heterocycles. The largest absolute Gasteiger partial charge is 0.508 e. The van der Waals surface area contributed by atoms with Crippen LogP contribution in [0.2, 0.25) is 0 Å². The fourth-order valence-corrected chi connectivity index (χ4v) is 2.01. The number of carbonyl (C=O) groups is 3. The van der Waals surface area contributed by atoms with Crippen LogP contribution in [0.4, 0.5) is 0 Å². The quantitative estimate of drug-likeness (QED) is 0.734. The molecular formula is C14H16N2O4. The number of piperazine rings is 1. The van der Waals surface area contributed by atoms with Crippen LogP contribution in [-0.2, 0) is 9.59 Å². The lowest BCUT2D eigenvalue weighted by Crippen LogP contribution is -2.65. The first-order valence-electron chi connectivity index (χ1n) is 6.19. The number of rotatable bonds is 1. The summed E-state index contributed by atoms with van der Waals surface area (Å²) in [6, 6.07) is 4.51. The van der Waals surface area contributed by atoms with E-state index in [0.717, 1.165) is 0 Å². The van der Waals surface area contributed by atoms with Crippen LogP contribution in [0, 0.1) is 6.92 Å². The Hall–Kier alpha value is -2.37. The number of nitrogens with zero attached hydrogens (tertiary/aromatic N) is 1. The van der Waals surface area contributed by atoms with Crippen LogP contribution in [0.25, 0.3) is 0 Å². The highest BCUT2D eigenvalue weighted by Gasteiger charge is 2.43. The van der Waals surface area contributed by atoms with E-state index >= 15 is 0 Å². The zero-order valence-corrected chi connectivity index (χ0v) is 11.6. The van der Waals surface area contributed by atoms with Gasteiger partial charge in [-0.05, 0) is 38.5 Å². The molecule has 0 spiro atoms. The van der Waals surface area contributed by atoms with Gasteiger partial charge in [0.1, 0.15) is 17.8 Å². The zero-order valence-electron chi connectivity index (χ0n) is 11.6. The first-order chi connectivity index (χ1) is 9.23. The lowest BCUT2D eigenvalue weighted by atomic mass is 9.97. The molecule has 1 aliphatic rings. The Morgan fingerprint density at radius 2 is 2.00 bits per heavy atom. The van der Waals surface area contributed by atoms with Crippen molar-refractivity contribution in [1.29, 1.82) is 0 Å². The Labute approximate surface area is 116 Å². The SMILES string of the molecule is Cc1ccc(C(=O)N2CC(=O)NC(=O)C2(C)C)cc1O. The van der Waals surface area contributed by atoms with Crippen molar-refractivity contribution in [2.24, 2.45) is 0 Å². The standard InChI is InChI=1S/C14H16N2O4/c1-8-4-5-9(6-10(8)17)12(19)16-7-11(18)15-13(20)14(16,2)3/h4-6,17H,7H2,1-3H3,(H,15,18,20). The van der Waals surface area contributed by atoms with Gasteiger partial charge in [-0.1, -0.05) is 6.07 Å². The van der Waals surface area contributed by atoms with Crippen molar-refractivity contribution >= 4 is 17.7 Å². The molecule has 0 radical (unpaired) electrons. The van der Waals surface area contributed by atoms with Gasteiger partial charge < -0.3 is 10.0 Å². The lowest BCUT2D eigenvalue weighted by Gasteiger charge is -2.40.